The van der Waals surface area contributed by atoms with Gasteiger partial charge in [0.15, 0.2) is 0 Å². The highest BCUT2D eigenvalue weighted by Crippen LogP contribution is 2.24. The Labute approximate surface area is 115 Å². The van der Waals surface area contributed by atoms with E-state index in [2.05, 4.69) is 0 Å². The standard InChI is InChI=1S/C11H14N2O6S/c1-3-8(11(14)15)12-20(18,19)10-6-4-5-9(7(10)2)13(16)17/h4-6,8,12H,3H2,1-2H3,(H,14,15)/t8-/m1/s1. The van der Waals surface area contributed by atoms with E-state index in [0.29, 0.717) is 0 Å². The normalized spacial score (nSPS) is 12.9. The van der Waals surface area contributed by atoms with Crippen LogP contribution in [0.2, 0.25) is 0 Å². The molecule has 0 saturated carbocycles. The first-order valence-electron chi connectivity index (χ1n) is 5.69. The van der Waals surface area contributed by atoms with Gasteiger partial charge in [0.1, 0.15) is 6.04 Å². The smallest absolute Gasteiger partial charge is 0.321 e. The van der Waals surface area contributed by atoms with Crippen molar-refractivity contribution >= 4 is 21.7 Å². The number of hydrogen-bond acceptors (Lipinski definition) is 5. The van der Waals surface area contributed by atoms with Crippen LogP contribution in [0.1, 0.15) is 18.9 Å². The van der Waals surface area contributed by atoms with Crippen molar-refractivity contribution in [2.24, 2.45) is 0 Å². The van der Waals surface area contributed by atoms with E-state index in [1.54, 1.807) is 0 Å². The Morgan fingerprint density at radius 2 is 2.10 bits per heavy atom. The Morgan fingerprint density at radius 1 is 1.50 bits per heavy atom. The third-order valence-corrected chi connectivity index (χ3v) is 4.36. The Bertz CT molecular complexity index is 640. The van der Waals surface area contributed by atoms with Crippen LogP contribution in [0.5, 0.6) is 0 Å². The largest absolute Gasteiger partial charge is 0.480 e. The van der Waals surface area contributed by atoms with Gasteiger partial charge in [0, 0.05) is 11.6 Å². The van der Waals surface area contributed by atoms with Crippen LogP contribution in [0.15, 0.2) is 23.1 Å². The Hall–Kier alpha value is -2.00. The van der Waals surface area contributed by atoms with Crippen molar-refractivity contribution in [1.82, 2.24) is 4.72 Å². The number of nitro benzene ring substituents is 1. The fraction of sp³-hybridized carbons (Fsp3) is 0.364. The SMILES string of the molecule is CC[C@@H](NS(=O)(=O)c1cccc([N+](=O)[O-])c1C)C(=O)O. The van der Waals surface area contributed by atoms with Crippen LogP contribution in [-0.4, -0.2) is 30.5 Å². The molecule has 0 amide bonds. The molecule has 0 unspecified atom stereocenters. The maximum absolute atomic E-state index is 12.1. The first-order valence-corrected chi connectivity index (χ1v) is 7.18. The first kappa shape index (κ1) is 16.1. The molecule has 0 aliphatic rings. The van der Waals surface area contributed by atoms with E-state index in [9.17, 15) is 23.3 Å². The summed E-state index contributed by atoms with van der Waals surface area (Å²) in [6.45, 7) is 2.82. The summed E-state index contributed by atoms with van der Waals surface area (Å²) in [6.07, 6.45) is 0.0581. The summed E-state index contributed by atoms with van der Waals surface area (Å²) >= 11 is 0. The highest BCUT2D eigenvalue weighted by Gasteiger charge is 2.27. The predicted molar refractivity (Wildman–Crippen MR) is 69.9 cm³/mol. The van der Waals surface area contributed by atoms with E-state index in [0.717, 1.165) is 0 Å². The van der Waals surface area contributed by atoms with E-state index < -0.39 is 27.0 Å². The monoisotopic (exact) mass is 302 g/mol. The highest BCUT2D eigenvalue weighted by molar-refractivity contribution is 7.89. The maximum atomic E-state index is 12.1. The van der Waals surface area contributed by atoms with Crippen LogP contribution in [0.3, 0.4) is 0 Å². The number of rotatable bonds is 6. The molecule has 0 radical (unpaired) electrons. The van der Waals surface area contributed by atoms with Crippen LogP contribution in [0, 0.1) is 17.0 Å². The van der Waals surface area contributed by atoms with Crippen molar-refractivity contribution in [3.05, 3.63) is 33.9 Å². The van der Waals surface area contributed by atoms with Crippen molar-refractivity contribution < 1.29 is 23.2 Å². The fourth-order valence-electron chi connectivity index (χ4n) is 1.65. The lowest BCUT2D eigenvalue weighted by Crippen LogP contribution is -2.40. The van der Waals surface area contributed by atoms with Gasteiger partial charge in [0.25, 0.3) is 5.69 Å². The van der Waals surface area contributed by atoms with Crippen LogP contribution < -0.4 is 4.72 Å². The van der Waals surface area contributed by atoms with Crippen molar-refractivity contribution in [1.29, 1.82) is 0 Å². The minimum absolute atomic E-state index is 0.0368. The molecule has 0 bridgehead atoms. The van der Waals surface area contributed by atoms with Gasteiger partial charge in [-0.25, -0.2) is 8.42 Å². The molecule has 110 valence electrons. The number of benzene rings is 1. The molecule has 0 aromatic heterocycles. The summed E-state index contributed by atoms with van der Waals surface area (Å²) in [7, 11) is -4.14. The molecule has 1 aromatic rings. The number of nitrogens with zero attached hydrogens (tertiary/aromatic N) is 1. The zero-order valence-corrected chi connectivity index (χ0v) is 11.7. The minimum atomic E-state index is -4.14. The molecule has 1 rings (SSSR count). The van der Waals surface area contributed by atoms with Gasteiger partial charge >= 0.3 is 5.97 Å². The zero-order chi connectivity index (χ0) is 15.5. The number of sulfonamides is 1. The number of carboxylic acids is 1. The van der Waals surface area contributed by atoms with E-state index in [4.69, 9.17) is 5.11 Å². The molecule has 8 nitrogen and oxygen atoms in total. The van der Waals surface area contributed by atoms with E-state index in [1.807, 2.05) is 4.72 Å². The molecule has 0 saturated heterocycles. The lowest BCUT2D eigenvalue weighted by molar-refractivity contribution is -0.385. The minimum Gasteiger partial charge on any atom is -0.480 e. The molecule has 0 fully saturated rings. The molecule has 1 aromatic carbocycles. The maximum Gasteiger partial charge on any atom is 0.321 e. The molecule has 0 aliphatic heterocycles. The number of aliphatic carboxylic acids is 1. The number of carboxylic acid groups (broad SMARTS) is 1. The fourth-order valence-corrected chi connectivity index (χ4v) is 3.19. The third kappa shape index (κ3) is 3.31. The van der Waals surface area contributed by atoms with Gasteiger partial charge in [0.05, 0.1) is 9.82 Å². The number of nitrogens with one attached hydrogen (secondary N) is 1. The van der Waals surface area contributed by atoms with Gasteiger partial charge in [-0.2, -0.15) is 4.72 Å². The van der Waals surface area contributed by atoms with Gasteiger partial charge in [-0.3, -0.25) is 14.9 Å². The second-order valence-electron chi connectivity index (χ2n) is 4.08. The molecule has 20 heavy (non-hydrogen) atoms. The molecular formula is C11H14N2O6S. The first-order chi connectivity index (χ1) is 9.20. The number of nitro groups is 1. The second-order valence-corrected chi connectivity index (χ2v) is 5.76. The second kappa shape index (κ2) is 5.97. The quantitative estimate of drug-likeness (QED) is 0.597. The summed E-state index contributed by atoms with van der Waals surface area (Å²) in [6, 6.07) is 2.34. The van der Waals surface area contributed by atoms with Gasteiger partial charge < -0.3 is 5.11 Å². The molecular weight excluding hydrogens is 288 g/mol. The predicted octanol–water partition coefficient (Wildman–Crippen LogP) is 1.04. The zero-order valence-electron chi connectivity index (χ0n) is 10.9. The van der Waals surface area contributed by atoms with Gasteiger partial charge in [-0.15, -0.1) is 0 Å². The number of carbonyl (C=O) groups is 1. The van der Waals surface area contributed by atoms with E-state index >= 15 is 0 Å². The van der Waals surface area contributed by atoms with Crippen molar-refractivity contribution in [2.45, 2.75) is 31.2 Å². The molecule has 2 N–H and O–H groups in total. The summed E-state index contributed by atoms with van der Waals surface area (Å²) in [4.78, 5) is 20.7. The highest BCUT2D eigenvalue weighted by atomic mass is 32.2. The van der Waals surface area contributed by atoms with E-state index in [-0.39, 0.29) is 22.6 Å². The Morgan fingerprint density at radius 3 is 2.55 bits per heavy atom. The summed E-state index contributed by atoms with van der Waals surface area (Å²) in [5, 5.41) is 19.6. The molecule has 0 spiro atoms. The van der Waals surface area contributed by atoms with Gasteiger partial charge in [0.2, 0.25) is 10.0 Å². The van der Waals surface area contributed by atoms with Crippen LogP contribution >= 0.6 is 0 Å². The van der Waals surface area contributed by atoms with E-state index in [1.165, 1.54) is 32.0 Å². The lowest BCUT2D eigenvalue weighted by atomic mass is 10.2. The summed E-state index contributed by atoms with van der Waals surface area (Å²) in [5.74, 6) is -1.31. The molecule has 0 heterocycles. The molecule has 1 atom stereocenters. The molecule has 0 aliphatic carbocycles. The topological polar surface area (TPSA) is 127 Å². The van der Waals surface area contributed by atoms with Crippen molar-refractivity contribution in [3.63, 3.8) is 0 Å². The average Bonchev–Trinajstić information content (AvgIpc) is 2.35. The lowest BCUT2D eigenvalue weighted by Gasteiger charge is -2.14. The van der Waals surface area contributed by atoms with Crippen molar-refractivity contribution in [2.75, 3.05) is 0 Å². The van der Waals surface area contributed by atoms with Gasteiger partial charge in [-0.1, -0.05) is 13.0 Å². The number of hydrogen-bond donors (Lipinski definition) is 2. The Kier molecular flexibility index (Phi) is 4.79. The van der Waals surface area contributed by atoms with Crippen LogP contribution in [0.25, 0.3) is 0 Å². The summed E-state index contributed by atoms with van der Waals surface area (Å²) in [5.41, 5.74) is -0.374. The van der Waals surface area contributed by atoms with Gasteiger partial charge in [-0.05, 0) is 19.4 Å². The summed E-state index contributed by atoms with van der Waals surface area (Å²) < 4.78 is 26.2. The third-order valence-electron chi connectivity index (χ3n) is 2.75. The van der Waals surface area contributed by atoms with Crippen LogP contribution in [-0.2, 0) is 14.8 Å². The Balaban J connectivity index is 3.26. The average molecular weight is 302 g/mol. The van der Waals surface area contributed by atoms with Crippen molar-refractivity contribution in [3.8, 4) is 0 Å². The molecule has 9 heteroatoms. The van der Waals surface area contributed by atoms with Crippen LogP contribution in [0.4, 0.5) is 5.69 Å².